The number of allylic oxidation sites excluding steroid dienone is 1. The van der Waals surface area contributed by atoms with E-state index in [4.69, 9.17) is 4.74 Å². The average molecular weight is 985 g/mol. The summed E-state index contributed by atoms with van der Waals surface area (Å²) in [5.41, 5.74) is 1.41. The summed E-state index contributed by atoms with van der Waals surface area (Å²) in [4.78, 5) is 1.57. The van der Waals surface area contributed by atoms with Gasteiger partial charge in [-0.25, -0.2) is 0 Å². The van der Waals surface area contributed by atoms with Crippen LogP contribution in [0.15, 0.2) is 20.8 Å². The molecule has 1 aromatic rings. The Morgan fingerprint density at radius 1 is 0.736 bits per heavy atom. The maximum absolute atomic E-state index is 7.70. The molecular weight excluding hydrogens is 894 g/mol. The van der Waals surface area contributed by atoms with E-state index in [9.17, 15) is 0 Å². The van der Waals surface area contributed by atoms with Crippen LogP contribution in [0.5, 0.6) is 0 Å². The van der Waals surface area contributed by atoms with E-state index < -0.39 is 39.5 Å². The molecule has 1 aromatic heterocycles. The van der Waals surface area contributed by atoms with Crippen molar-refractivity contribution in [2.75, 3.05) is 6.26 Å². The van der Waals surface area contributed by atoms with Gasteiger partial charge in [0.2, 0.25) is 0 Å². The van der Waals surface area contributed by atoms with Gasteiger partial charge in [0.15, 0.2) is 0 Å². The van der Waals surface area contributed by atoms with Gasteiger partial charge in [0, 0.05) is 0 Å². The van der Waals surface area contributed by atoms with Crippen molar-refractivity contribution in [1.29, 1.82) is 0 Å². The summed E-state index contributed by atoms with van der Waals surface area (Å²) < 4.78 is 17.3. The number of hydrogen-bond donors (Lipinski definition) is 0. The van der Waals surface area contributed by atoms with Crippen LogP contribution in [0, 0.1) is 23.7 Å². The molecule has 1 aliphatic rings. The molecule has 0 aromatic carbocycles. The molecule has 2 rings (SSSR count). The Bertz CT molecular complexity index is 1070. The molecule has 53 heavy (non-hydrogen) atoms. The van der Waals surface area contributed by atoms with Gasteiger partial charge in [-0.05, 0) is 0 Å². The molecule has 0 spiro atoms. The zero-order valence-corrected chi connectivity index (χ0v) is 45.2. The predicted molar refractivity (Wildman–Crippen MR) is 252 cm³/mol. The van der Waals surface area contributed by atoms with Gasteiger partial charge in [0.25, 0.3) is 0 Å². The van der Waals surface area contributed by atoms with Gasteiger partial charge in [-0.1, -0.05) is 13.8 Å². The molecule has 0 saturated heterocycles. The minimum absolute atomic E-state index is 0.175. The molecule has 2 atom stereocenters. The first kappa shape index (κ1) is 51.9. The van der Waals surface area contributed by atoms with Crippen LogP contribution < -0.4 is 2.89 Å². The van der Waals surface area contributed by atoms with Crippen molar-refractivity contribution in [3.63, 3.8) is 0 Å². The van der Waals surface area contributed by atoms with Gasteiger partial charge < -0.3 is 0 Å². The third-order valence-electron chi connectivity index (χ3n) is 11.7. The van der Waals surface area contributed by atoms with Gasteiger partial charge in [0.1, 0.15) is 0 Å². The monoisotopic (exact) mass is 986 g/mol. The van der Waals surface area contributed by atoms with Crippen molar-refractivity contribution in [3.8, 4) is 0 Å². The molecule has 1 nitrogen and oxygen atoms in total. The average Bonchev–Trinajstić information content (AvgIpc) is 3.56. The van der Waals surface area contributed by atoms with E-state index in [1.165, 1.54) is 139 Å². The quantitative estimate of drug-likeness (QED) is 0.0561. The van der Waals surface area contributed by atoms with Crippen LogP contribution in [0.2, 0.25) is 17.7 Å². The zero-order valence-electron chi connectivity index (χ0n) is 37.8. The molecule has 0 amide bonds. The van der Waals surface area contributed by atoms with Crippen molar-refractivity contribution in [2.24, 2.45) is 23.7 Å². The maximum atomic E-state index is 7.70. The zero-order chi connectivity index (χ0) is 39.7. The molecular formula is C48H90OS2Sn2. The van der Waals surface area contributed by atoms with E-state index in [2.05, 4.69) is 117 Å². The second kappa shape index (κ2) is 30.0. The normalized spacial score (nSPS) is 17.3. The Labute approximate surface area is 356 Å². The summed E-state index contributed by atoms with van der Waals surface area (Å²) in [7, 11) is 0. The molecule has 2 radical (unpaired) electrons. The van der Waals surface area contributed by atoms with Crippen LogP contribution in [0.3, 0.4) is 0 Å². The summed E-state index contributed by atoms with van der Waals surface area (Å²) in [5.74, 6) is 4.35. The summed E-state index contributed by atoms with van der Waals surface area (Å²) in [6, 6.07) is 2.70. The van der Waals surface area contributed by atoms with Crippen molar-refractivity contribution in [3.05, 3.63) is 31.3 Å². The van der Waals surface area contributed by atoms with Crippen LogP contribution in [-0.2, 0) is 10.3 Å². The van der Waals surface area contributed by atoms with Gasteiger partial charge in [-0.2, -0.15) is 0 Å². The second-order valence-electron chi connectivity index (χ2n) is 17.6. The first-order valence-electron chi connectivity index (χ1n) is 23.0. The Hall–Kier alpha value is 0.927. The van der Waals surface area contributed by atoms with Gasteiger partial charge >= 0.3 is 346 Å². The van der Waals surface area contributed by atoms with Crippen molar-refractivity contribution in [1.82, 2.24) is 0 Å². The molecule has 0 fully saturated rings. The van der Waals surface area contributed by atoms with Crippen molar-refractivity contribution < 1.29 is 4.74 Å². The van der Waals surface area contributed by atoms with E-state index >= 15 is 0 Å². The van der Waals surface area contributed by atoms with Crippen LogP contribution in [0.4, 0.5) is 0 Å². The fourth-order valence-electron chi connectivity index (χ4n) is 8.20. The molecule has 0 saturated carbocycles. The fraction of sp³-hybridized carbons (Fsp3) is 0.833. The number of unbranched alkanes of at least 4 members (excludes halogenated alkanes) is 4. The molecule has 5 heteroatoms. The summed E-state index contributed by atoms with van der Waals surface area (Å²) in [6.45, 7) is 28.2. The number of rotatable bonds is 30. The Morgan fingerprint density at radius 2 is 1.23 bits per heavy atom. The molecule has 0 aliphatic carbocycles. The summed E-state index contributed by atoms with van der Waals surface area (Å²) in [5, 5.41) is 0. The third-order valence-corrected chi connectivity index (χ3v) is 37.4. The molecule has 0 bridgehead atoms. The number of thioether (sulfide) groups is 1. The van der Waals surface area contributed by atoms with Crippen LogP contribution in [0.25, 0.3) is 6.08 Å². The number of ether oxygens (including phenoxy) is 1. The number of fused-ring (bicyclic) bond motifs is 1. The second-order valence-corrected chi connectivity index (χ2v) is 38.7. The molecule has 2 unspecified atom stereocenters. The number of hydrogen-bond acceptors (Lipinski definition) is 3. The first-order chi connectivity index (χ1) is 25.5. The van der Waals surface area contributed by atoms with Crippen molar-refractivity contribution in [2.45, 2.75) is 222 Å². The molecule has 0 N–H and O–H groups in total. The Kier molecular flexibility index (Phi) is 29.4. The first-order valence-corrected chi connectivity index (χ1v) is 36.0. The topological polar surface area (TPSA) is 9.23 Å². The number of thiophene rings is 1. The SMILES string of the molecule is CC.CCC[CH2][Sn][c]1cc2c(s1)C=C(/C=[C](\SC)[Sn]([CH2]CCC)([CH2]CCC)[CH2]CCC)OC2(CCC(C)CCCC(C)C)CCC(C)CCCC(C)C. The molecule has 1 aliphatic heterocycles. The standard InChI is InChI=1S/C30H48OS2.4C4H9.C2H6.2Sn/c1-23(2)10-8-12-25(5)14-18-30(19-15-26(6)13-9-11-24(3)4)28-17-21-33-29(28)22-27(31-30)16-20-32-7;4*1-3-4-2;1-2;;/h16-17,22-26H,8-15,18-19H2,1-7H3;4*1,3-4H2,2H3;1-2H3;;. The van der Waals surface area contributed by atoms with Gasteiger partial charge in [-0.3, -0.25) is 0 Å². The molecule has 2 heterocycles. The van der Waals surface area contributed by atoms with E-state index in [1.54, 1.807) is 13.3 Å². The minimum atomic E-state index is -2.61. The predicted octanol–water partition coefficient (Wildman–Crippen LogP) is 17.0. The van der Waals surface area contributed by atoms with Crippen LogP contribution in [-0.4, -0.2) is 45.8 Å². The van der Waals surface area contributed by atoms with E-state index in [1.807, 2.05) is 16.8 Å². The third kappa shape index (κ3) is 19.5. The van der Waals surface area contributed by atoms with Crippen LogP contribution in [0.1, 0.15) is 209 Å². The summed E-state index contributed by atoms with van der Waals surface area (Å²) >= 11 is 1.14. The van der Waals surface area contributed by atoms with Crippen LogP contribution >= 0.6 is 23.1 Å². The fourth-order valence-corrected chi connectivity index (χ4v) is 35.2. The van der Waals surface area contributed by atoms with E-state index in [0.29, 0.717) is 0 Å². The Balaban J connectivity index is 0.00000690. The van der Waals surface area contributed by atoms with Crippen molar-refractivity contribution >= 4 is 71.6 Å². The Morgan fingerprint density at radius 3 is 1.66 bits per heavy atom. The molecule has 308 valence electrons. The van der Waals surface area contributed by atoms with E-state index in [-0.39, 0.29) is 5.60 Å². The van der Waals surface area contributed by atoms with E-state index in [0.717, 1.165) is 23.7 Å². The van der Waals surface area contributed by atoms with Gasteiger partial charge in [-0.15, -0.1) is 0 Å². The summed E-state index contributed by atoms with van der Waals surface area (Å²) in [6.07, 6.45) is 31.6. The van der Waals surface area contributed by atoms with Gasteiger partial charge in [0.05, 0.1) is 0 Å².